The van der Waals surface area contributed by atoms with Crippen LogP contribution in [0.3, 0.4) is 0 Å². The van der Waals surface area contributed by atoms with Crippen LogP contribution in [-0.2, 0) is 0 Å². The minimum Gasteiger partial charge on any atom is -0.389 e. The maximum absolute atomic E-state index is 13.8. The molecule has 0 spiro atoms. The van der Waals surface area contributed by atoms with Crippen LogP contribution in [-0.4, -0.2) is 14.9 Å². The van der Waals surface area contributed by atoms with Crippen LogP contribution >= 0.6 is 11.6 Å². The molecular weight excluding hydrogens is 255 g/mol. The molecule has 0 aliphatic heterocycles. The molecule has 2 rings (SSSR count). The fraction of sp³-hybridized carbons (Fsp3) is 0.308. The van der Waals surface area contributed by atoms with Gasteiger partial charge < -0.3 is 5.11 Å². The summed E-state index contributed by atoms with van der Waals surface area (Å²) < 4.78 is 15.3. The molecule has 0 amide bonds. The molecule has 0 unspecified atom stereocenters. The molecule has 1 aromatic heterocycles. The molecule has 2 aromatic rings. The second-order valence-electron chi connectivity index (χ2n) is 4.25. The van der Waals surface area contributed by atoms with E-state index in [0.717, 1.165) is 5.69 Å². The van der Waals surface area contributed by atoms with E-state index in [1.54, 1.807) is 30.7 Å². The zero-order valence-electron chi connectivity index (χ0n) is 10.4. The molecule has 1 N–H and O–H groups in total. The topological polar surface area (TPSA) is 38.0 Å². The van der Waals surface area contributed by atoms with Crippen molar-refractivity contribution in [2.24, 2.45) is 0 Å². The van der Waals surface area contributed by atoms with E-state index in [1.165, 1.54) is 13.0 Å². The van der Waals surface area contributed by atoms with Crippen molar-refractivity contribution in [1.82, 2.24) is 9.78 Å². The molecule has 1 heterocycles. The first kappa shape index (κ1) is 13.1. The Morgan fingerprint density at radius 1 is 1.39 bits per heavy atom. The summed E-state index contributed by atoms with van der Waals surface area (Å²) in [5.41, 5.74) is 2.13. The fourth-order valence-corrected chi connectivity index (χ4v) is 2.10. The standard InChI is InChI=1S/C13H14ClFN2O/c1-7-13(14)8(2)17(16-7)11-6-4-5-10(15)12(11)9(3)18/h4-6,9,18H,1-3H3/t9-/m0/s1. The lowest BCUT2D eigenvalue weighted by atomic mass is 10.1. The molecule has 1 atom stereocenters. The molecule has 18 heavy (non-hydrogen) atoms. The molecule has 0 saturated heterocycles. The average Bonchev–Trinajstić information content (AvgIpc) is 2.56. The van der Waals surface area contributed by atoms with Gasteiger partial charge in [0.1, 0.15) is 5.82 Å². The maximum atomic E-state index is 13.8. The zero-order chi connectivity index (χ0) is 13.4. The van der Waals surface area contributed by atoms with Gasteiger partial charge in [0, 0.05) is 5.56 Å². The Morgan fingerprint density at radius 2 is 2.06 bits per heavy atom. The summed E-state index contributed by atoms with van der Waals surface area (Å²) in [4.78, 5) is 0. The molecule has 0 aliphatic carbocycles. The molecule has 5 heteroatoms. The molecule has 0 saturated carbocycles. The third-order valence-corrected chi connectivity index (χ3v) is 3.43. The lowest BCUT2D eigenvalue weighted by Gasteiger charge is -2.14. The second kappa shape index (κ2) is 4.71. The minimum atomic E-state index is -0.913. The average molecular weight is 269 g/mol. The van der Waals surface area contributed by atoms with Crippen LogP contribution in [0, 0.1) is 19.7 Å². The van der Waals surface area contributed by atoms with Gasteiger partial charge >= 0.3 is 0 Å². The molecule has 3 nitrogen and oxygen atoms in total. The van der Waals surface area contributed by atoms with Crippen LogP contribution in [0.5, 0.6) is 0 Å². The Balaban J connectivity index is 2.71. The Labute approximate surface area is 110 Å². The van der Waals surface area contributed by atoms with Crippen LogP contribution in [0.2, 0.25) is 5.02 Å². The second-order valence-corrected chi connectivity index (χ2v) is 4.62. The third-order valence-electron chi connectivity index (χ3n) is 2.88. The molecule has 1 aromatic carbocycles. The third kappa shape index (κ3) is 2.02. The summed E-state index contributed by atoms with van der Waals surface area (Å²) in [7, 11) is 0. The first-order valence-electron chi connectivity index (χ1n) is 5.62. The first-order valence-corrected chi connectivity index (χ1v) is 5.99. The first-order chi connectivity index (χ1) is 8.43. The molecule has 0 radical (unpaired) electrons. The lowest BCUT2D eigenvalue weighted by molar-refractivity contribution is 0.193. The monoisotopic (exact) mass is 268 g/mol. The SMILES string of the molecule is Cc1nn(-c2cccc(F)c2[C@H](C)O)c(C)c1Cl. The summed E-state index contributed by atoms with van der Waals surface area (Å²) >= 11 is 6.08. The Hall–Kier alpha value is -1.39. The maximum Gasteiger partial charge on any atom is 0.131 e. The van der Waals surface area contributed by atoms with E-state index in [2.05, 4.69) is 5.10 Å². The number of aliphatic hydroxyl groups excluding tert-OH is 1. The highest BCUT2D eigenvalue weighted by Gasteiger charge is 2.18. The predicted octanol–water partition coefficient (Wildman–Crippen LogP) is 3.33. The van der Waals surface area contributed by atoms with Crippen molar-refractivity contribution < 1.29 is 9.50 Å². The number of halogens is 2. The smallest absolute Gasteiger partial charge is 0.131 e. The van der Waals surface area contributed by atoms with Gasteiger partial charge in [-0.05, 0) is 32.9 Å². The van der Waals surface area contributed by atoms with Gasteiger partial charge in [0.25, 0.3) is 0 Å². The van der Waals surface area contributed by atoms with Crippen molar-refractivity contribution in [1.29, 1.82) is 0 Å². The molecular formula is C13H14ClFN2O. The van der Waals surface area contributed by atoms with Crippen LogP contribution in [0.4, 0.5) is 4.39 Å². The van der Waals surface area contributed by atoms with E-state index < -0.39 is 11.9 Å². The van der Waals surface area contributed by atoms with Gasteiger partial charge in [-0.2, -0.15) is 5.10 Å². The highest BCUT2D eigenvalue weighted by molar-refractivity contribution is 6.31. The van der Waals surface area contributed by atoms with E-state index in [-0.39, 0.29) is 5.56 Å². The number of benzene rings is 1. The summed E-state index contributed by atoms with van der Waals surface area (Å²) in [5.74, 6) is -0.453. The van der Waals surface area contributed by atoms with Crippen molar-refractivity contribution >= 4 is 11.6 Å². The highest BCUT2D eigenvalue weighted by Crippen LogP contribution is 2.28. The molecule has 96 valence electrons. The van der Waals surface area contributed by atoms with E-state index in [9.17, 15) is 9.50 Å². The number of hydrogen-bond donors (Lipinski definition) is 1. The number of aromatic nitrogens is 2. The van der Waals surface area contributed by atoms with Gasteiger partial charge in [-0.3, -0.25) is 0 Å². The summed E-state index contributed by atoms with van der Waals surface area (Å²) in [6, 6.07) is 4.61. The van der Waals surface area contributed by atoms with Gasteiger partial charge in [0.2, 0.25) is 0 Å². The lowest BCUT2D eigenvalue weighted by Crippen LogP contribution is -2.08. The number of rotatable bonds is 2. The summed E-state index contributed by atoms with van der Waals surface area (Å²) in [5, 5.41) is 14.5. The quantitative estimate of drug-likeness (QED) is 0.907. The van der Waals surface area contributed by atoms with Crippen molar-refractivity contribution in [2.75, 3.05) is 0 Å². The van der Waals surface area contributed by atoms with Crippen molar-refractivity contribution in [3.63, 3.8) is 0 Å². The summed E-state index contributed by atoms with van der Waals surface area (Å²) in [6.07, 6.45) is -0.913. The Bertz CT molecular complexity index is 593. The van der Waals surface area contributed by atoms with Crippen molar-refractivity contribution in [3.8, 4) is 5.69 Å². The number of hydrogen-bond acceptors (Lipinski definition) is 2. The van der Waals surface area contributed by atoms with E-state index in [4.69, 9.17) is 11.6 Å². The highest BCUT2D eigenvalue weighted by atomic mass is 35.5. The van der Waals surface area contributed by atoms with Crippen molar-refractivity contribution in [3.05, 3.63) is 46.0 Å². The van der Waals surface area contributed by atoms with E-state index >= 15 is 0 Å². The largest absolute Gasteiger partial charge is 0.389 e. The van der Waals surface area contributed by atoms with Crippen LogP contribution in [0.1, 0.15) is 30.0 Å². The van der Waals surface area contributed by atoms with Gasteiger partial charge in [0.05, 0.1) is 28.2 Å². The summed E-state index contributed by atoms with van der Waals surface area (Å²) in [6.45, 7) is 5.11. The molecule has 0 bridgehead atoms. The van der Waals surface area contributed by atoms with Gasteiger partial charge in [-0.25, -0.2) is 9.07 Å². The van der Waals surface area contributed by atoms with Gasteiger partial charge in [-0.1, -0.05) is 17.7 Å². The van der Waals surface area contributed by atoms with Gasteiger partial charge in [0.15, 0.2) is 0 Å². The Kier molecular flexibility index (Phi) is 3.41. The van der Waals surface area contributed by atoms with E-state index in [1.807, 2.05) is 0 Å². The van der Waals surface area contributed by atoms with Crippen molar-refractivity contribution in [2.45, 2.75) is 26.9 Å². The predicted molar refractivity (Wildman–Crippen MR) is 68.6 cm³/mol. The molecule has 0 fully saturated rings. The van der Waals surface area contributed by atoms with Gasteiger partial charge in [-0.15, -0.1) is 0 Å². The van der Waals surface area contributed by atoms with Crippen LogP contribution < -0.4 is 0 Å². The van der Waals surface area contributed by atoms with Crippen LogP contribution in [0.15, 0.2) is 18.2 Å². The van der Waals surface area contributed by atoms with E-state index in [0.29, 0.717) is 16.4 Å². The van der Waals surface area contributed by atoms with Crippen LogP contribution in [0.25, 0.3) is 5.69 Å². The number of nitrogens with zero attached hydrogens (tertiary/aromatic N) is 2. The molecule has 0 aliphatic rings. The normalized spacial score (nSPS) is 12.8. The number of aryl methyl sites for hydroxylation is 1. The number of aliphatic hydroxyl groups is 1. The zero-order valence-corrected chi connectivity index (χ0v) is 11.2. The fourth-order valence-electron chi connectivity index (χ4n) is 1.98. The minimum absolute atomic E-state index is 0.222. The Morgan fingerprint density at radius 3 is 2.56 bits per heavy atom.